The van der Waals surface area contributed by atoms with Gasteiger partial charge in [-0.1, -0.05) is 39.1 Å². The van der Waals surface area contributed by atoms with Gasteiger partial charge in [-0.25, -0.2) is 0 Å². The zero-order valence-corrected chi connectivity index (χ0v) is 14.5. The third-order valence-electron chi connectivity index (χ3n) is 3.17. The lowest BCUT2D eigenvalue weighted by atomic mass is 10.2. The van der Waals surface area contributed by atoms with Gasteiger partial charge in [0.2, 0.25) is 0 Å². The van der Waals surface area contributed by atoms with Crippen LogP contribution in [-0.2, 0) is 6.54 Å². The van der Waals surface area contributed by atoms with E-state index in [0.29, 0.717) is 22.4 Å². The highest BCUT2D eigenvalue weighted by Gasteiger charge is 2.09. The Morgan fingerprint density at radius 2 is 1.73 bits per heavy atom. The molecule has 1 aromatic heterocycles. The highest BCUT2D eigenvalue weighted by atomic mass is 79.9. The molecule has 2 aromatic carbocycles. The summed E-state index contributed by atoms with van der Waals surface area (Å²) in [5.41, 5.74) is 1.82. The molecule has 0 aliphatic carbocycles. The van der Waals surface area contributed by atoms with Gasteiger partial charge in [-0.3, -0.25) is 0 Å². The summed E-state index contributed by atoms with van der Waals surface area (Å²) in [5, 5.41) is 4.55. The Morgan fingerprint density at radius 1 is 0.955 bits per heavy atom. The van der Waals surface area contributed by atoms with Crippen LogP contribution in [0, 0.1) is 0 Å². The monoisotopic (exact) mass is 395 g/mol. The first-order valence-electron chi connectivity index (χ1n) is 6.65. The van der Waals surface area contributed by atoms with Crippen LogP contribution >= 0.6 is 39.1 Å². The van der Waals surface area contributed by atoms with E-state index in [1.165, 1.54) is 0 Å². The van der Waals surface area contributed by atoms with Gasteiger partial charge in [-0.15, -0.1) is 0 Å². The number of halogens is 3. The second-order valence-corrected chi connectivity index (χ2v) is 6.51. The maximum Gasteiger partial charge on any atom is 0.135 e. The molecule has 0 aliphatic rings. The van der Waals surface area contributed by atoms with E-state index in [0.717, 1.165) is 21.5 Å². The summed E-state index contributed by atoms with van der Waals surface area (Å²) < 4.78 is 6.89. The van der Waals surface area contributed by atoms with Crippen molar-refractivity contribution in [1.29, 1.82) is 0 Å². The lowest BCUT2D eigenvalue weighted by molar-refractivity contribution is 0.531. The Hall–Kier alpha value is -1.42. The van der Waals surface area contributed by atoms with Crippen LogP contribution in [0.15, 0.2) is 63.5 Å². The highest BCUT2D eigenvalue weighted by molar-refractivity contribution is 9.10. The van der Waals surface area contributed by atoms with Crippen LogP contribution in [0.25, 0.3) is 11.3 Å². The number of hydrogen-bond donors (Lipinski definition) is 1. The molecule has 2 nitrogen and oxygen atoms in total. The van der Waals surface area contributed by atoms with E-state index in [9.17, 15) is 0 Å². The molecule has 3 rings (SSSR count). The maximum absolute atomic E-state index is 6.19. The van der Waals surface area contributed by atoms with E-state index < -0.39 is 0 Å². The molecule has 0 spiro atoms. The third kappa shape index (κ3) is 3.67. The van der Waals surface area contributed by atoms with Gasteiger partial charge in [0.1, 0.15) is 11.5 Å². The normalized spacial score (nSPS) is 10.7. The molecular weight excluding hydrogens is 385 g/mol. The molecule has 0 aliphatic heterocycles. The molecule has 0 fully saturated rings. The highest BCUT2D eigenvalue weighted by Crippen LogP contribution is 2.32. The molecule has 0 atom stereocenters. The molecule has 1 heterocycles. The van der Waals surface area contributed by atoms with Gasteiger partial charge in [0.15, 0.2) is 0 Å². The Morgan fingerprint density at radius 3 is 2.50 bits per heavy atom. The van der Waals surface area contributed by atoms with Crippen molar-refractivity contribution in [2.75, 3.05) is 5.32 Å². The first kappa shape index (κ1) is 15.5. The first-order chi connectivity index (χ1) is 10.6. The second kappa shape index (κ2) is 6.78. The lowest BCUT2D eigenvalue weighted by Gasteiger charge is -2.05. The minimum absolute atomic E-state index is 0.597. The zero-order valence-electron chi connectivity index (χ0n) is 11.4. The van der Waals surface area contributed by atoms with Crippen molar-refractivity contribution in [2.45, 2.75) is 6.54 Å². The van der Waals surface area contributed by atoms with E-state index in [1.54, 1.807) is 18.2 Å². The van der Waals surface area contributed by atoms with Crippen LogP contribution in [-0.4, -0.2) is 0 Å². The summed E-state index contributed by atoms with van der Waals surface area (Å²) in [7, 11) is 0. The number of rotatable bonds is 4. The Kier molecular flexibility index (Phi) is 4.77. The first-order valence-corrected chi connectivity index (χ1v) is 8.20. The average molecular weight is 397 g/mol. The van der Waals surface area contributed by atoms with E-state index in [2.05, 4.69) is 21.2 Å². The molecule has 0 unspecified atom stereocenters. The summed E-state index contributed by atoms with van der Waals surface area (Å²) in [5.74, 6) is 1.54. The molecule has 3 aromatic rings. The Labute approximate surface area is 147 Å². The fraction of sp³-hybridized carbons (Fsp3) is 0.0588. The smallest absolute Gasteiger partial charge is 0.135 e. The molecular formula is C17H12BrCl2NO. The molecule has 0 amide bonds. The van der Waals surface area contributed by atoms with E-state index in [1.807, 2.05) is 36.4 Å². The minimum Gasteiger partial charge on any atom is -0.459 e. The van der Waals surface area contributed by atoms with Crippen molar-refractivity contribution in [2.24, 2.45) is 0 Å². The van der Waals surface area contributed by atoms with Crippen molar-refractivity contribution in [3.8, 4) is 11.3 Å². The molecule has 112 valence electrons. The number of hydrogen-bond acceptors (Lipinski definition) is 2. The average Bonchev–Trinajstić information content (AvgIpc) is 2.98. The van der Waals surface area contributed by atoms with Gasteiger partial charge in [0, 0.05) is 20.7 Å². The van der Waals surface area contributed by atoms with E-state index in [4.69, 9.17) is 27.6 Å². The van der Waals surface area contributed by atoms with E-state index >= 15 is 0 Å². The van der Waals surface area contributed by atoms with Gasteiger partial charge in [0.05, 0.1) is 11.6 Å². The van der Waals surface area contributed by atoms with Crippen LogP contribution < -0.4 is 5.32 Å². The standard InChI is InChI=1S/C17H12BrCl2NO/c18-11-1-4-13(5-2-11)21-10-14-6-8-17(22-14)15-9-12(19)3-7-16(15)20/h1-9,21H,10H2. The number of nitrogens with one attached hydrogen (secondary N) is 1. The molecule has 5 heteroatoms. The van der Waals surface area contributed by atoms with Crippen molar-refractivity contribution in [3.63, 3.8) is 0 Å². The minimum atomic E-state index is 0.597. The van der Waals surface area contributed by atoms with Crippen LogP contribution in [0.1, 0.15) is 5.76 Å². The summed E-state index contributed by atoms with van der Waals surface area (Å²) in [6.45, 7) is 0.597. The largest absolute Gasteiger partial charge is 0.459 e. The van der Waals surface area contributed by atoms with E-state index in [-0.39, 0.29) is 0 Å². The lowest BCUT2D eigenvalue weighted by Crippen LogP contribution is -1.97. The van der Waals surface area contributed by atoms with Crippen LogP contribution in [0.5, 0.6) is 0 Å². The summed E-state index contributed by atoms with van der Waals surface area (Å²) in [4.78, 5) is 0. The Balaban J connectivity index is 1.73. The van der Waals surface area contributed by atoms with Gasteiger partial charge >= 0.3 is 0 Å². The maximum atomic E-state index is 6.19. The summed E-state index contributed by atoms with van der Waals surface area (Å²) in [6.07, 6.45) is 0. The van der Waals surface area contributed by atoms with Crippen LogP contribution in [0.3, 0.4) is 0 Å². The zero-order chi connectivity index (χ0) is 15.5. The number of benzene rings is 2. The molecule has 0 radical (unpaired) electrons. The quantitative estimate of drug-likeness (QED) is 0.535. The van der Waals surface area contributed by atoms with Crippen molar-refractivity contribution < 1.29 is 4.42 Å². The van der Waals surface area contributed by atoms with Crippen LogP contribution in [0.4, 0.5) is 5.69 Å². The molecule has 0 bridgehead atoms. The van der Waals surface area contributed by atoms with Crippen molar-refractivity contribution >= 4 is 44.8 Å². The van der Waals surface area contributed by atoms with Crippen molar-refractivity contribution in [3.05, 3.63) is 74.9 Å². The predicted octanol–water partition coefficient (Wildman–Crippen LogP) is 6.63. The van der Waals surface area contributed by atoms with Gasteiger partial charge in [0.25, 0.3) is 0 Å². The number of furan rings is 1. The Bertz CT molecular complexity index is 784. The second-order valence-electron chi connectivity index (χ2n) is 4.75. The fourth-order valence-electron chi connectivity index (χ4n) is 2.06. The molecule has 0 saturated carbocycles. The number of anilines is 1. The van der Waals surface area contributed by atoms with Gasteiger partial charge < -0.3 is 9.73 Å². The summed E-state index contributed by atoms with van der Waals surface area (Å²) >= 11 is 15.6. The summed E-state index contributed by atoms with van der Waals surface area (Å²) in [6, 6.07) is 17.1. The van der Waals surface area contributed by atoms with Gasteiger partial charge in [-0.2, -0.15) is 0 Å². The van der Waals surface area contributed by atoms with Crippen molar-refractivity contribution in [1.82, 2.24) is 0 Å². The predicted molar refractivity (Wildman–Crippen MR) is 95.6 cm³/mol. The molecule has 0 saturated heterocycles. The van der Waals surface area contributed by atoms with Crippen LogP contribution in [0.2, 0.25) is 10.0 Å². The fourth-order valence-corrected chi connectivity index (χ4v) is 2.71. The topological polar surface area (TPSA) is 25.2 Å². The third-order valence-corrected chi connectivity index (χ3v) is 4.26. The molecule has 22 heavy (non-hydrogen) atoms. The van der Waals surface area contributed by atoms with Gasteiger partial charge in [-0.05, 0) is 54.6 Å². The molecule has 1 N–H and O–H groups in total. The SMILES string of the molecule is Clc1ccc(Cl)c(-c2ccc(CNc3ccc(Br)cc3)o2)c1.